The maximum absolute atomic E-state index is 12.4. The average Bonchev–Trinajstić information content (AvgIpc) is 4.10. The minimum Gasteiger partial charge on any atom is -0.464 e. The summed E-state index contributed by atoms with van der Waals surface area (Å²) < 4.78 is 31.1. The van der Waals surface area contributed by atoms with E-state index in [2.05, 4.69) is 15.5 Å². The van der Waals surface area contributed by atoms with Crippen molar-refractivity contribution >= 4 is 90.3 Å². The lowest BCUT2D eigenvalue weighted by atomic mass is 10.1. The van der Waals surface area contributed by atoms with E-state index in [0.29, 0.717) is 73.3 Å². The van der Waals surface area contributed by atoms with Gasteiger partial charge in [0, 0.05) is 32.8 Å². The van der Waals surface area contributed by atoms with Gasteiger partial charge < -0.3 is 43.8 Å². The number of anilines is 3. The quantitative estimate of drug-likeness (QED) is 0.0529. The van der Waals surface area contributed by atoms with Crippen LogP contribution in [0.4, 0.5) is 15.0 Å². The number of ether oxygens (including phenoxy) is 3. The van der Waals surface area contributed by atoms with Gasteiger partial charge in [-0.1, -0.05) is 6.42 Å². The van der Waals surface area contributed by atoms with E-state index in [-0.39, 0.29) is 36.5 Å². The summed E-state index contributed by atoms with van der Waals surface area (Å²) in [7, 11) is 0. The number of esters is 3. The SMILES string of the molecule is CCOC(=O)c1c(-c2ccco2)csc1N.CCOC(=O)c1c(-c2ccco2)csc1NC(=O)CCl.CCOC(=O)c1c(-c2ccco2)csc1NC(=O)CN1CCCCC1. The fourth-order valence-corrected chi connectivity index (χ4v) is 8.75. The molecule has 0 aromatic carbocycles. The molecule has 0 aliphatic carbocycles. The zero-order valence-electron chi connectivity index (χ0n) is 33.6. The lowest BCUT2D eigenvalue weighted by molar-refractivity contribution is -0.117. The van der Waals surface area contributed by atoms with Crippen molar-refractivity contribution in [1.29, 1.82) is 0 Å². The number of thiophene rings is 3. The lowest BCUT2D eigenvalue weighted by Crippen LogP contribution is -2.36. The van der Waals surface area contributed by atoms with Crippen molar-refractivity contribution in [3.05, 3.63) is 88.0 Å². The summed E-state index contributed by atoms with van der Waals surface area (Å²) in [5.74, 6) is -0.315. The van der Waals surface area contributed by atoms with Crippen LogP contribution in [0.15, 0.2) is 84.6 Å². The van der Waals surface area contributed by atoms with E-state index in [0.717, 1.165) is 25.9 Å². The molecule has 1 fully saturated rings. The van der Waals surface area contributed by atoms with E-state index in [1.807, 2.05) is 5.38 Å². The number of alkyl halides is 1. The van der Waals surface area contributed by atoms with Crippen LogP contribution in [0.3, 0.4) is 0 Å². The second kappa shape index (κ2) is 23.4. The second-order valence-electron chi connectivity index (χ2n) is 12.8. The number of nitrogens with one attached hydrogen (secondary N) is 2. The van der Waals surface area contributed by atoms with Crippen LogP contribution in [-0.4, -0.2) is 80.0 Å². The third-order valence-electron chi connectivity index (χ3n) is 8.64. The molecule has 4 N–H and O–H groups in total. The Morgan fingerprint density at radius 1 is 0.639 bits per heavy atom. The van der Waals surface area contributed by atoms with Crippen LogP contribution >= 0.6 is 45.6 Å². The molecule has 1 aliphatic heterocycles. The normalized spacial score (nSPS) is 12.3. The molecule has 0 saturated carbocycles. The molecule has 7 heterocycles. The average molecular weight is 913 g/mol. The summed E-state index contributed by atoms with van der Waals surface area (Å²) in [5, 5.41) is 12.2. The largest absolute Gasteiger partial charge is 0.464 e. The number of nitrogens with zero attached hydrogens (tertiary/aromatic N) is 1. The van der Waals surface area contributed by atoms with Crippen LogP contribution < -0.4 is 16.4 Å². The Morgan fingerprint density at radius 3 is 1.46 bits per heavy atom. The molecule has 6 aromatic heterocycles. The van der Waals surface area contributed by atoms with Crippen LogP contribution in [0.5, 0.6) is 0 Å². The Kier molecular flexibility index (Phi) is 17.8. The number of carbonyl (C=O) groups excluding carboxylic acids is 5. The van der Waals surface area contributed by atoms with E-state index < -0.39 is 17.9 Å². The fourth-order valence-electron chi connectivity index (χ4n) is 5.98. The van der Waals surface area contributed by atoms with Crippen LogP contribution in [-0.2, 0) is 23.8 Å². The first-order chi connectivity index (χ1) is 29.6. The van der Waals surface area contributed by atoms with Gasteiger partial charge in [0.05, 0.1) is 45.2 Å². The van der Waals surface area contributed by atoms with Gasteiger partial charge in [0.1, 0.15) is 54.9 Å². The lowest BCUT2D eigenvalue weighted by Gasteiger charge is -2.25. The van der Waals surface area contributed by atoms with E-state index in [4.69, 9.17) is 44.8 Å². The Balaban J connectivity index is 0.000000178. The van der Waals surface area contributed by atoms with Crippen molar-refractivity contribution in [3.8, 4) is 34.0 Å². The molecular weight excluding hydrogens is 868 g/mol. The number of likely N-dealkylation sites (tertiary alicyclic amines) is 1. The van der Waals surface area contributed by atoms with Crippen molar-refractivity contribution in [3.63, 3.8) is 0 Å². The van der Waals surface area contributed by atoms with Gasteiger partial charge in [0.15, 0.2) is 0 Å². The van der Waals surface area contributed by atoms with Crippen LogP contribution in [0.2, 0.25) is 0 Å². The topological polar surface area (TPSA) is 206 Å². The first-order valence-corrected chi connectivity index (χ1v) is 22.4. The Hall–Kier alpha value is -5.66. The Labute approximate surface area is 368 Å². The second-order valence-corrected chi connectivity index (χ2v) is 15.7. The number of halogens is 1. The third kappa shape index (κ3) is 12.5. The predicted octanol–water partition coefficient (Wildman–Crippen LogP) is 9.74. The molecule has 15 nitrogen and oxygen atoms in total. The van der Waals surface area contributed by atoms with Gasteiger partial charge in [-0.3, -0.25) is 14.5 Å². The molecule has 7 rings (SSSR count). The summed E-state index contributed by atoms with van der Waals surface area (Å²) in [6.07, 6.45) is 8.10. The van der Waals surface area contributed by atoms with E-state index in [1.54, 1.807) is 80.5 Å². The van der Waals surface area contributed by atoms with E-state index in [9.17, 15) is 24.0 Å². The van der Waals surface area contributed by atoms with Gasteiger partial charge in [0.25, 0.3) is 0 Å². The number of nitrogens with two attached hydrogens (primary N) is 1. The predicted molar refractivity (Wildman–Crippen MR) is 237 cm³/mol. The van der Waals surface area contributed by atoms with Crippen LogP contribution in [0.25, 0.3) is 34.0 Å². The highest BCUT2D eigenvalue weighted by atomic mass is 35.5. The zero-order valence-corrected chi connectivity index (χ0v) is 36.8. The van der Waals surface area contributed by atoms with E-state index in [1.165, 1.54) is 46.7 Å². The van der Waals surface area contributed by atoms with Crippen molar-refractivity contribution in [2.45, 2.75) is 40.0 Å². The molecule has 0 radical (unpaired) electrons. The molecular formula is C42H45ClN4O11S3. The molecule has 0 unspecified atom stereocenters. The van der Waals surface area contributed by atoms with Crippen molar-refractivity contribution in [1.82, 2.24) is 4.90 Å². The maximum Gasteiger partial charge on any atom is 0.341 e. The van der Waals surface area contributed by atoms with Crippen molar-refractivity contribution in [2.75, 3.05) is 61.7 Å². The number of carbonyl (C=O) groups is 5. The maximum atomic E-state index is 12.4. The molecule has 61 heavy (non-hydrogen) atoms. The monoisotopic (exact) mass is 912 g/mol. The molecule has 324 valence electrons. The van der Waals surface area contributed by atoms with Gasteiger partial charge in [-0.25, -0.2) is 14.4 Å². The number of amides is 2. The minimum atomic E-state index is -0.509. The number of rotatable bonds is 14. The highest BCUT2D eigenvalue weighted by Gasteiger charge is 2.26. The first-order valence-electron chi connectivity index (χ1n) is 19.2. The Bertz CT molecular complexity index is 2330. The summed E-state index contributed by atoms with van der Waals surface area (Å²) >= 11 is 9.29. The standard InChI is InChI=1S/C18H22N2O4S.C13H12ClNO4S.C11H11NO3S/c1-2-23-18(22)16-13(14-7-6-10-24-14)12-25-17(16)19-15(21)11-20-8-4-3-5-9-20;1-2-18-13(17)11-8(9-4-3-5-19-9)7-20-12(11)15-10(16)6-14;1-2-14-11(13)9-7(6-16-10(9)12)8-4-3-5-15-8/h6-7,10,12H,2-5,8-9,11H2,1H3,(H,19,21);3-5,7H,2,6H2,1H3,(H,15,16);3-6H,2,12H2,1H3. The molecule has 1 aliphatic rings. The number of piperidine rings is 1. The summed E-state index contributed by atoms with van der Waals surface area (Å²) in [4.78, 5) is 62.1. The van der Waals surface area contributed by atoms with E-state index >= 15 is 0 Å². The summed E-state index contributed by atoms with van der Waals surface area (Å²) in [6.45, 7) is 8.30. The highest BCUT2D eigenvalue weighted by Crippen LogP contribution is 2.38. The number of hydrogen-bond donors (Lipinski definition) is 3. The zero-order chi connectivity index (χ0) is 43.7. The molecule has 6 aromatic rings. The fraction of sp³-hybridized carbons (Fsp3) is 0.310. The van der Waals surface area contributed by atoms with Crippen LogP contribution in [0.1, 0.15) is 71.1 Å². The highest BCUT2D eigenvalue weighted by molar-refractivity contribution is 7.16. The minimum absolute atomic E-state index is 0.111. The van der Waals surface area contributed by atoms with Crippen molar-refractivity contribution in [2.24, 2.45) is 0 Å². The number of hydrogen-bond acceptors (Lipinski definition) is 16. The third-order valence-corrected chi connectivity index (χ3v) is 11.5. The van der Waals surface area contributed by atoms with Gasteiger partial charge in [-0.15, -0.1) is 45.6 Å². The molecule has 0 spiro atoms. The molecule has 0 atom stereocenters. The Morgan fingerprint density at radius 2 is 1.05 bits per heavy atom. The molecule has 2 amide bonds. The summed E-state index contributed by atoms with van der Waals surface area (Å²) in [6, 6.07) is 10.5. The van der Waals surface area contributed by atoms with Crippen molar-refractivity contribution < 1.29 is 51.4 Å². The smallest absolute Gasteiger partial charge is 0.341 e. The van der Waals surface area contributed by atoms with Gasteiger partial charge in [-0.2, -0.15) is 0 Å². The van der Waals surface area contributed by atoms with Gasteiger partial charge in [0.2, 0.25) is 11.8 Å². The summed E-state index contributed by atoms with van der Waals surface area (Å²) in [5.41, 5.74) is 8.70. The number of furan rings is 3. The first kappa shape index (κ1) is 46.4. The molecule has 19 heteroatoms. The van der Waals surface area contributed by atoms with Gasteiger partial charge >= 0.3 is 17.9 Å². The van der Waals surface area contributed by atoms with Gasteiger partial charge in [-0.05, 0) is 83.1 Å². The number of nitrogen functional groups attached to an aromatic ring is 1. The molecule has 0 bridgehead atoms. The van der Waals surface area contributed by atoms with Crippen LogP contribution in [0, 0.1) is 0 Å². The molecule has 1 saturated heterocycles.